The van der Waals surface area contributed by atoms with E-state index in [4.69, 9.17) is 28.3 Å². The third kappa shape index (κ3) is 2.24. The molecule has 0 saturated carbocycles. The van der Waals surface area contributed by atoms with Crippen molar-refractivity contribution in [3.05, 3.63) is 38.0 Å². The highest BCUT2D eigenvalue weighted by atomic mass is 35.5. The van der Waals surface area contributed by atoms with E-state index in [1.165, 1.54) is 0 Å². The van der Waals surface area contributed by atoms with Crippen LogP contribution >= 0.6 is 23.2 Å². The van der Waals surface area contributed by atoms with E-state index >= 15 is 0 Å². The van der Waals surface area contributed by atoms with E-state index in [0.29, 0.717) is 6.07 Å². The molecule has 15 heavy (non-hydrogen) atoms. The normalized spacial score (nSPS) is 10.1. The van der Waals surface area contributed by atoms with E-state index < -0.39 is 23.9 Å². The molecule has 1 aromatic rings. The van der Waals surface area contributed by atoms with E-state index in [1.807, 2.05) is 0 Å². The fraction of sp³-hybridized carbons (Fsp3) is 0.125. The first kappa shape index (κ1) is 11.9. The lowest BCUT2D eigenvalue weighted by Crippen LogP contribution is -2.02. The molecule has 0 fully saturated rings. The van der Waals surface area contributed by atoms with Gasteiger partial charge in [-0.2, -0.15) is 4.91 Å². The summed E-state index contributed by atoms with van der Waals surface area (Å²) < 4.78 is 13.1. The lowest BCUT2D eigenvalue weighted by atomic mass is 10.1. The molecule has 0 aliphatic rings. The van der Waals surface area contributed by atoms with Crippen LogP contribution in [0, 0.1) is 10.7 Å². The molecule has 0 saturated heterocycles. The molecule has 0 aliphatic carbocycles. The Kier molecular flexibility index (Phi) is 3.60. The fourth-order valence-electron chi connectivity index (χ4n) is 1.02. The number of nitrogens with zero attached hydrogens (tertiary/aromatic N) is 1. The first-order valence-corrected chi connectivity index (χ1v) is 4.43. The van der Waals surface area contributed by atoms with Crippen LogP contribution < -0.4 is 0 Å². The van der Waals surface area contributed by atoms with Crippen molar-refractivity contribution in [2.45, 2.75) is 6.54 Å². The number of carboxylic acids is 1. The average Bonchev–Trinajstić information content (AvgIpc) is 2.18. The molecule has 1 rings (SSSR count). The monoisotopic (exact) mass is 251 g/mol. The van der Waals surface area contributed by atoms with Gasteiger partial charge in [-0.15, -0.1) is 0 Å². The van der Waals surface area contributed by atoms with Crippen molar-refractivity contribution in [2.75, 3.05) is 0 Å². The largest absolute Gasteiger partial charge is 0.478 e. The number of halogens is 3. The Balaban J connectivity index is 3.48. The van der Waals surface area contributed by atoms with Gasteiger partial charge < -0.3 is 5.11 Å². The molecule has 0 aliphatic heterocycles. The van der Waals surface area contributed by atoms with Crippen molar-refractivity contribution < 1.29 is 14.3 Å². The lowest BCUT2D eigenvalue weighted by molar-refractivity contribution is 0.0696. The predicted molar refractivity (Wildman–Crippen MR) is 52.9 cm³/mol. The van der Waals surface area contributed by atoms with Crippen molar-refractivity contribution in [3.8, 4) is 0 Å². The van der Waals surface area contributed by atoms with Gasteiger partial charge in [0.25, 0.3) is 0 Å². The molecule has 0 bridgehead atoms. The number of nitroso groups, excluding NO2 is 1. The van der Waals surface area contributed by atoms with Crippen LogP contribution in [0.1, 0.15) is 15.9 Å². The molecule has 1 aromatic carbocycles. The molecule has 4 nitrogen and oxygen atoms in total. The summed E-state index contributed by atoms with van der Waals surface area (Å²) >= 11 is 11.1. The molecular weight excluding hydrogens is 248 g/mol. The number of benzene rings is 1. The number of hydrogen-bond donors (Lipinski definition) is 1. The Morgan fingerprint density at radius 2 is 2.07 bits per heavy atom. The number of rotatable bonds is 3. The third-order valence-corrected chi connectivity index (χ3v) is 2.54. The maximum atomic E-state index is 13.1. The van der Waals surface area contributed by atoms with Crippen molar-refractivity contribution in [2.24, 2.45) is 5.18 Å². The van der Waals surface area contributed by atoms with E-state index in [0.717, 1.165) is 0 Å². The van der Waals surface area contributed by atoms with Crippen molar-refractivity contribution >= 4 is 29.2 Å². The van der Waals surface area contributed by atoms with Gasteiger partial charge in [-0.1, -0.05) is 28.4 Å². The summed E-state index contributed by atoms with van der Waals surface area (Å²) in [7, 11) is 0. The molecule has 0 radical (unpaired) electrons. The molecule has 0 amide bonds. The second kappa shape index (κ2) is 4.55. The van der Waals surface area contributed by atoms with Gasteiger partial charge in [0.15, 0.2) is 0 Å². The molecular formula is C8H4Cl2FNO3. The topological polar surface area (TPSA) is 66.7 Å². The molecule has 1 N–H and O–H groups in total. The number of carboxylic acid groups (broad SMARTS) is 1. The standard InChI is InChI=1S/C8H4Cl2FNO3/c9-6-3(8(13)14)1-5(11)7(10)4(6)2-12-15/h1H,2H2,(H,13,14). The van der Waals surface area contributed by atoms with Crippen molar-refractivity contribution in [1.82, 2.24) is 0 Å². The van der Waals surface area contributed by atoms with Crippen LogP contribution in [-0.2, 0) is 6.54 Å². The molecule has 0 unspecified atom stereocenters. The van der Waals surface area contributed by atoms with Gasteiger partial charge in [-0.25, -0.2) is 9.18 Å². The van der Waals surface area contributed by atoms with Gasteiger partial charge >= 0.3 is 5.97 Å². The highest BCUT2D eigenvalue weighted by Crippen LogP contribution is 2.31. The first-order chi connectivity index (χ1) is 6.99. The Morgan fingerprint density at radius 3 is 2.53 bits per heavy atom. The number of aromatic carboxylic acids is 1. The maximum absolute atomic E-state index is 13.1. The van der Waals surface area contributed by atoms with Crippen LogP contribution in [0.5, 0.6) is 0 Å². The second-order valence-electron chi connectivity index (χ2n) is 2.60. The van der Waals surface area contributed by atoms with Crippen LogP contribution in [0.2, 0.25) is 10.0 Å². The minimum absolute atomic E-state index is 0.120. The van der Waals surface area contributed by atoms with Crippen LogP contribution in [-0.4, -0.2) is 11.1 Å². The summed E-state index contributed by atoms with van der Waals surface area (Å²) in [5.74, 6) is -2.35. The van der Waals surface area contributed by atoms with Gasteiger partial charge in [0.05, 0.1) is 15.6 Å². The lowest BCUT2D eigenvalue weighted by Gasteiger charge is -2.07. The van der Waals surface area contributed by atoms with E-state index in [2.05, 4.69) is 5.18 Å². The van der Waals surface area contributed by atoms with Gasteiger partial charge in [0, 0.05) is 5.56 Å². The van der Waals surface area contributed by atoms with Gasteiger partial charge in [0.1, 0.15) is 12.4 Å². The Morgan fingerprint density at radius 1 is 1.47 bits per heavy atom. The summed E-state index contributed by atoms with van der Waals surface area (Å²) in [5.41, 5.74) is -0.567. The third-order valence-electron chi connectivity index (χ3n) is 1.70. The number of hydrogen-bond acceptors (Lipinski definition) is 3. The molecule has 80 valence electrons. The number of carbonyl (C=O) groups is 1. The van der Waals surface area contributed by atoms with E-state index in [1.54, 1.807) is 0 Å². The molecule has 0 heterocycles. The Labute approximate surface area is 93.6 Å². The summed E-state index contributed by atoms with van der Waals surface area (Å²) in [6.45, 7) is -0.476. The van der Waals surface area contributed by atoms with Gasteiger partial charge in [0.2, 0.25) is 0 Å². The van der Waals surface area contributed by atoms with Gasteiger partial charge in [-0.3, -0.25) is 0 Å². The minimum atomic E-state index is -1.40. The van der Waals surface area contributed by atoms with Crippen LogP contribution in [0.25, 0.3) is 0 Å². The van der Waals surface area contributed by atoms with E-state index in [9.17, 15) is 14.1 Å². The fourth-order valence-corrected chi connectivity index (χ4v) is 1.56. The summed E-state index contributed by atoms with van der Waals surface area (Å²) in [6, 6.07) is 0.696. The van der Waals surface area contributed by atoms with Crippen LogP contribution in [0.15, 0.2) is 11.2 Å². The molecule has 0 atom stereocenters. The zero-order chi connectivity index (χ0) is 11.6. The molecule has 0 spiro atoms. The van der Waals surface area contributed by atoms with Gasteiger partial charge in [-0.05, 0) is 6.07 Å². The predicted octanol–water partition coefficient (Wildman–Crippen LogP) is 3.10. The van der Waals surface area contributed by atoms with Crippen LogP contribution in [0.3, 0.4) is 0 Å². The molecule has 0 aromatic heterocycles. The Hall–Kier alpha value is -1.20. The molecule has 7 heteroatoms. The van der Waals surface area contributed by atoms with Crippen molar-refractivity contribution in [1.29, 1.82) is 0 Å². The Bertz CT molecular complexity index is 436. The van der Waals surface area contributed by atoms with Crippen LogP contribution in [0.4, 0.5) is 4.39 Å². The van der Waals surface area contributed by atoms with E-state index in [-0.39, 0.29) is 15.6 Å². The smallest absolute Gasteiger partial charge is 0.337 e. The highest BCUT2D eigenvalue weighted by Gasteiger charge is 2.19. The minimum Gasteiger partial charge on any atom is -0.478 e. The second-order valence-corrected chi connectivity index (χ2v) is 3.36. The maximum Gasteiger partial charge on any atom is 0.337 e. The zero-order valence-electron chi connectivity index (χ0n) is 7.13. The first-order valence-electron chi connectivity index (χ1n) is 3.67. The zero-order valence-corrected chi connectivity index (χ0v) is 8.64. The summed E-state index contributed by atoms with van der Waals surface area (Å²) in [5, 5.41) is 10.5. The van der Waals surface area contributed by atoms with Crippen molar-refractivity contribution in [3.63, 3.8) is 0 Å². The quantitative estimate of drug-likeness (QED) is 0.663. The summed E-state index contributed by atoms with van der Waals surface area (Å²) in [4.78, 5) is 20.7. The SMILES string of the molecule is O=NCc1c(Cl)c(F)cc(C(=O)O)c1Cl. The average molecular weight is 252 g/mol. The summed E-state index contributed by atoms with van der Waals surface area (Å²) in [6.07, 6.45) is 0. The highest BCUT2D eigenvalue weighted by molar-refractivity contribution is 6.38.